The first-order chi connectivity index (χ1) is 11.3. The van der Waals surface area contributed by atoms with E-state index in [-0.39, 0.29) is 0 Å². The quantitative estimate of drug-likeness (QED) is 0.422. The first-order valence-electron chi connectivity index (χ1n) is 9.53. The Kier molecular flexibility index (Phi) is 9.41. The molecule has 0 atom stereocenters. The summed E-state index contributed by atoms with van der Waals surface area (Å²) in [5, 5.41) is 18.2. The van der Waals surface area contributed by atoms with E-state index >= 15 is 0 Å². The van der Waals surface area contributed by atoms with Crippen LogP contribution in [-0.2, 0) is 0 Å². The molecule has 0 aliphatic carbocycles. The zero-order chi connectivity index (χ0) is 16.3. The highest BCUT2D eigenvalue weighted by atomic mass is 15.2. The van der Waals surface area contributed by atoms with Gasteiger partial charge in [0, 0.05) is 84.6 Å². The Labute approximate surface area is 142 Å². The number of nitrogens with zero attached hydrogens (tertiary/aromatic N) is 1. The molecule has 23 heavy (non-hydrogen) atoms. The van der Waals surface area contributed by atoms with Gasteiger partial charge in [-0.3, -0.25) is 4.90 Å². The topological polar surface area (TPSA) is 63.4 Å². The summed E-state index contributed by atoms with van der Waals surface area (Å²) < 4.78 is 0. The van der Waals surface area contributed by atoms with Gasteiger partial charge in [0.05, 0.1) is 0 Å². The molecule has 0 saturated carbocycles. The lowest BCUT2D eigenvalue weighted by Crippen LogP contribution is -2.48. The second kappa shape index (κ2) is 11.3. The average Bonchev–Trinajstić information content (AvgIpc) is 2.54. The smallest absolute Gasteiger partial charge is 0.0110 e. The van der Waals surface area contributed by atoms with Gasteiger partial charge in [0.2, 0.25) is 0 Å². The highest BCUT2D eigenvalue weighted by molar-refractivity contribution is 4.77. The summed E-state index contributed by atoms with van der Waals surface area (Å²) in [5.41, 5.74) is 0. The van der Waals surface area contributed by atoms with Crippen molar-refractivity contribution in [1.29, 1.82) is 0 Å². The third kappa shape index (κ3) is 7.92. The summed E-state index contributed by atoms with van der Waals surface area (Å²) in [6.07, 6.45) is 0. The molecule has 0 spiro atoms. The van der Waals surface area contributed by atoms with Gasteiger partial charge in [0.1, 0.15) is 0 Å². The van der Waals surface area contributed by atoms with E-state index in [2.05, 4.69) is 45.3 Å². The molecule has 0 amide bonds. The summed E-state index contributed by atoms with van der Waals surface area (Å²) in [6, 6.07) is 0.610. The van der Waals surface area contributed by atoms with Crippen molar-refractivity contribution in [3.63, 3.8) is 0 Å². The van der Waals surface area contributed by atoms with Crippen LogP contribution >= 0.6 is 0 Å². The van der Waals surface area contributed by atoms with Gasteiger partial charge in [-0.05, 0) is 25.7 Å². The molecular formula is C17H38N6. The Morgan fingerprint density at radius 3 is 1.57 bits per heavy atom. The fourth-order valence-corrected chi connectivity index (χ4v) is 3.42. The van der Waals surface area contributed by atoms with Crippen molar-refractivity contribution in [3.05, 3.63) is 0 Å². The first kappa shape index (κ1) is 19.1. The van der Waals surface area contributed by atoms with Gasteiger partial charge < -0.3 is 26.6 Å². The zero-order valence-electron chi connectivity index (χ0n) is 15.2. The summed E-state index contributed by atoms with van der Waals surface area (Å²) in [4.78, 5) is 2.63. The lowest BCUT2D eigenvalue weighted by molar-refractivity contribution is 0.181. The molecule has 5 N–H and O–H groups in total. The molecule has 0 aromatic carbocycles. The maximum atomic E-state index is 3.68. The molecule has 136 valence electrons. The van der Waals surface area contributed by atoms with Gasteiger partial charge >= 0.3 is 0 Å². The van der Waals surface area contributed by atoms with Crippen molar-refractivity contribution in [2.45, 2.75) is 19.9 Å². The third-order valence-corrected chi connectivity index (χ3v) is 4.92. The van der Waals surface area contributed by atoms with Crippen LogP contribution in [-0.4, -0.2) is 89.5 Å². The van der Waals surface area contributed by atoms with Crippen LogP contribution in [0.5, 0.6) is 0 Å². The van der Waals surface area contributed by atoms with E-state index in [1.807, 2.05) is 0 Å². The molecule has 3 saturated heterocycles. The minimum absolute atomic E-state index is 0.610. The van der Waals surface area contributed by atoms with Gasteiger partial charge in [-0.1, -0.05) is 0 Å². The number of rotatable bonds is 1. The average molecular weight is 327 g/mol. The van der Waals surface area contributed by atoms with E-state index in [0.29, 0.717) is 17.9 Å². The van der Waals surface area contributed by atoms with Gasteiger partial charge in [0.15, 0.2) is 0 Å². The van der Waals surface area contributed by atoms with E-state index in [0.717, 1.165) is 72.0 Å². The van der Waals surface area contributed by atoms with E-state index < -0.39 is 0 Å². The molecule has 0 unspecified atom stereocenters. The van der Waals surface area contributed by atoms with Crippen LogP contribution in [0.3, 0.4) is 0 Å². The van der Waals surface area contributed by atoms with Crippen LogP contribution in [0.4, 0.5) is 0 Å². The van der Waals surface area contributed by atoms with Crippen LogP contribution in [0, 0.1) is 11.8 Å². The molecule has 6 nitrogen and oxygen atoms in total. The SMILES string of the molecule is CC(C)N1CCNCC2CNCCNCC(CNCCNC2)C1. The van der Waals surface area contributed by atoms with Crippen molar-refractivity contribution in [2.75, 3.05) is 78.5 Å². The zero-order valence-corrected chi connectivity index (χ0v) is 15.2. The second-order valence-electron chi connectivity index (χ2n) is 7.34. The molecule has 0 aromatic rings. The number of hydrogen-bond donors (Lipinski definition) is 5. The lowest BCUT2D eigenvalue weighted by atomic mass is 10.1. The van der Waals surface area contributed by atoms with E-state index in [1.54, 1.807) is 0 Å². The Bertz CT molecular complexity index is 283. The van der Waals surface area contributed by atoms with Crippen molar-refractivity contribution >= 4 is 0 Å². The molecule has 3 rings (SSSR count). The van der Waals surface area contributed by atoms with Crippen LogP contribution in [0.15, 0.2) is 0 Å². The lowest BCUT2D eigenvalue weighted by Gasteiger charge is -2.32. The number of fused-ring (bicyclic) bond motifs is 15. The monoisotopic (exact) mass is 326 g/mol. The molecular weight excluding hydrogens is 288 g/mol. The molecule has 3 aliphatic heterocycles. The molecule has 3 aliphatic rings. The van der Waals surface area contributed by atoms with Crippen molar-refractivity contribution in [1.82, 2.24) is 31.5 Å². The second-order valence-corrected chi connectivity index (χ2v) is 7.34. The Morgan fingerprint density at radius 1 is 0.652 bits per heavy atom. The number of nitrogens with one attached hydrogen (secondary N) is 5. The Morgan fingerprint density at radius 2 is 1.09 bits per heavy atom. The van der Waals surface area contributed by atoms with E-state index in [4.69, 9.17) is 0 Å². The maximum Gasteiger partial charge on any atom is 0.0110 e. The normalized spacial score (nSPS) is 30.9. The molecule has 0 aromatic heterocycles. The van der Waals surface area contributed by atoms with Crippen molar-refractivity contribution in [3.8, 4) is 0 Å². The first-order valence-corrected chi connectivity index (χ1v) is 9.53. The van der Waals surface area contributed by atoms with E-state index in [9.17, 15) is 0 Å². The van der Waals surface area contributed by atoms with Gasteiger partial charge in [-0.2, -0.15) is 0 Å². The fourth-order valence-electron chi connectivity index (χ4n) is 3.42. The van der Waals surface area contributed by atoms with Crippen LogP contribution in [0.25, 0.3) is 0 Å². The molecule has 3 heterocycles. The standard InChI is InChI=1S/C17H38N6/c1-15(2)23-8-7-22-11-16-9-18-3-5-20-12-17(14-23)13-21-6-4-19-10-16/h15-22H,3-14H2,1-2H3. The number of hydrogen-bond acceptors (Lipinski definition) is 6. The maximum absolute atomic E-state index is 3.68. The molecule has 3 fully saturated rings. The highest BCUT2D eigenvalue weighted by Crippen LogP contribution is 2.05. The third-order valence-electron chi connectivity index (χ3n) is 4.92. The molecule has 0 radical (unpaired) electrons. The predicted molar refractivity (Wildman–Crippen MR) is 98.0 cm³/mol. The van der Waals surface area contributed by atoms with Crippen LogP contribution < -0.4 is 26.6 Å². The molecule has 6 heteroatoms. The predicted octanol–water partition coefficient (Wildman–Crippen LogP) is -1.10. The highest BCUT2D eigenvalue weighted by Gasteiger charge is 2.17. The summed E-state index contributed by atoms with van der Waals surface area (Å²) in [5.74, 6) is 1.32. The van der Waals surface area contributed by atoms with Gasteiger partial charge in [-0.25, -0.2) is 0 Å². The van der Waals surface area contributed by atoms with Crippen LogP contribution in [0.2, 0.25) is 0 Å². The van der Waals surface area contributed by atoms with Crippen LogP contribution in [0.1, 0.15) is 13.8 Å². The van der Waals surface area contributed by atoms with Crippen molar-refractivity contribution < 1.29 is 0 Å². The van der Waals surface area contributed by atoms with E-state index in [1.165, 1.54) is 6.54 Å². The van der Waals surface area contributed by atoms with Gasteiger partial charge in [-0.15, -0.1) is 0 Å². The Hall–Kier alpha value is -0.240. The summed E-state index contributed by atoms with van der Waals surface area (Å²) in [7, 11) is 0. The van der Waals surface area contributed by atoms with Crippen molar-refractivity contribution in [2.24, 2.45) is 11.8 Å². The summed E-state index contributed by atoms with van der Waals surface area (Å²) >= 11 is 0. The fraction of sp³-hybridized carbons (Fsp3) is 1.00. The van der Waals surface area contributed by atoms with Gasteiger partial charge in [0.25, 0.3) is 0 Å². The minimum Gasteiger partial charge on any atom is -0.315 e. The Balaban J connectivity index is 2.01. The summed E-state index contributed by atoms with van der Waals surface area (Å²) in [6.45, 7) is 17.8. The molecule has 2 bridgehead atoms. The largest absolute Gasteiger partial charge is 0.315 e. The minimum atomic E-state index is 0.610.